The lowest BCUT2D eigenvalue weighted by molar-refractivity contribution is 0.586. The fraction of sp³-hybridized carbons (Fsp3) is 0.600. The van der Waals surface area contributed by atoms with E-state index in [0.29, 0.717) is 0 Å². The molecule has 0 N–H and O–H groups in total. The summed E-state index contributed by atoms with van der Waals surface area (Å²) in [5.41, 5.74) is 2.35. The lowest BCUT2D eigenvalue weighted by Gasteiger charge is -2.05. The molecule has 1 aromatic heterocycles. The van der Waals surface area contributed by atoms with Gasteiger partial charge in [-0.05, 0) is 42.7 Å². The first-order chi connectivity index (χ1) is 13.8. The summed E-state index contributed by atoms with van der Waals surface area (Å²) < 4.78 is 0. The molecule has 2 rings (SSSR count). The summed E-state index contributed by atoms with van der Waals surface area (Å²) in [6, 6.07) is 8.73. The molecule has 0 saturated heterocycles. The van der Waals surface area contributed by atoms with Gasteiger partial charge >= 0.3 is 0 Å². The molecule has 0 atom stereocenters. The quantitative estimate of drug-likeness (QED) is 0.224. The lowest BCUT2D eigenvalue weighted by atomic mass is 10.1. The molecule has 1 heterocycles. The summed E-state index contributed by atoms with van der Waals surface area (Å²) in [6.07, 6.45) is 19.9. The average molecular weight is 399 g/mol. The topological polar surface area (TPSA) is 25.8 Å². The second-order valence-corrected chi connectivity index (χ2v) is 8.89. The normalized spacial score (nSPS) is 11.1. The van der Waals surface area contributed by atoms with Crippen molar-refractivity contribution in [3.63, 3.8) is 0 Å². The highest BCUT2D eigenvalue weighted by molar-refractivity contribution is 7.99. The van der Waals surface area contributed by atoms with Crippen LogP contribution in [0.5, 0.6) is 0 Å². The fourth-order valence-corrected chi connectivity index (χ4v) is 4.25. The highest BCUT2D eigenvalue weighted by Crippen LogP contribution is 2.23. The highest BCUT2D eigenvalue weighted by Gasteiger charge is 2.03. The van der Waals surface area contributed by atoms with Crippen LogP contribution in [0, 0.1) is 0 Å². The molecule has 0 fully saturated rings. The molecule has 3 heteroatoms. The Morgan fingerprint density at radius 3 is 1.89 bits per heavy atom. The zero-order chi connectivity index (χ0) is 19.9. The molecule has 0 aliphatic carbocycles. The molecule has 28 heavy (non-hydrogen) atoms. The minimum atomic E-state index is 0.832. The summed E-state index contributed by atoms with van der Waals surface area (Å²) in [4.78, 5) is 10.5. The van der Waals surface area contributed by atoms with Gasteiger partial charge in [-0.2, -0.15) is 0 Å². The maximum absolute atomic E-state index is 4.56. The maximum Gasteiger partial charge on any atom is 0.159 e. The van der Waals surface area contributed by atoms with E-state index >= 15 is 0 Å². The van der Waals surface area contributed by atoms with Gasteiger partial charge in [0.25, 0.3) is 0 Å². The summed E-state index contributed by atoms with van der Waals surface area (Å²) in [5, 5.41) is 0. The molecule has 0 saturated carbocycles. The van der Waals surface area contributed by atoms with Crippen LogP contribution in [-0.2, 0) is 6.42 Å². The Morgan fingerprint density at radius 2 is 1.25 bits per heavy atom. The number of unbranched alkanes of at least 4 members (excludes halogenated alkanes) is 9. The van der Waals surface area contributed by atoms with Crippen LogP contribution in [0.4, 0.5) is 0 Å². The number of benzene rings is 1. The summed E-state index contributed by atoms with van der Waals surface area (Å²) >= 11 is 1.97. The second kappa shape index (κ2) is 14.6. The Balaban J connectivity index is 1.66. The minimum Gasteiger partial charge on any atom is -0.236 e. The number of hydrogen-bond donors (Lipinski definition) is 0. The van der Waals surface area contributed by atoms with Gasteiger partial charge in [-0.1, -0.05) is 83.8 Å². The molecule has 0 aliphatic heterocycles. The molecule has 0 radical (unpaired) electrons. The number of aromatic nitrogens is 2. The van der Waals surface area contributed by atoms with E-state index in [2.05, 4.69) is 48.1 Å². The van der Waals surface area contributed by atoms with Crippen molar-refractivity contribution in [3.05, 3.63) is 42.2 Å². The number of aryl methyl sites for hydroxylation is 1. The molecule has 0 bridgehead atoms. The molecular formula is C25H38N2S. The van der Waals surface area contributed by atoms with Crippen LogP contribution in [-0.4, -0.2) is 15.7 Å². The predicted molar refractivity (Wildman–Crippen MR) is 124 cm³/mol. The average Bonchev–Trinajstić information content (AvgIpc) is 2.74. The monoisotopic (exact) mass is 398 g/mol. The van der Waals surface area contributed by atoms with E-state index in [1.54, 1.807) is 0 Å². The van der Waals surface area contributed by atoms with Crippen molar-refractivity contribution in [1.29, 1.82) is 0 Å². The highest BCUT2D eigenvalue weighted by atomic mass is 32.2. The second-order valence-electron chi connectivity index (χ2n) is 7.72. The van der Waals surface area contributed by atoms with Crippen molar-refractivity contribution in [1.82, 2.24) is 9.97 Å². The van der Waals surface area contributed by atoms with Gasteiger partial charge in [0.1, 0.15) is 0 Å². The first kappa shape index (κ1) is 22.9. The third-order valence-corrected chi connectivity index (χ3v) is 6.25. The maximum atomic E-state index is 4.56. The first-order valence-corrected chi connectivity index (χ1v) is 12.4. The van der Waals surface area contributed by atoms with Crippen LogP contribution in [0.1, 0.15) is 90.0 Å². The number of rotatable bonds is 15. The van der Waals surface area contributed by atoms with Crippen LogP contribution < -0.4 is 0 Å². The Morgan fingerprint density at radius 1 is 0.679 bits per heavy atom. The summed E-state index contributed by atoms with van der Waals surface area (Å²) in [6.45, 7) is 4.51. The molecule has 2 nitrogen and oxygen atoms in total. The number of hydrogen-bond acceptors (Lipinski definition) is 3. The lowest BCUT2D eigenvalue weighted by Crippen LogP contribution is -1.93. The molecule has 0 unspecified atom stereocenters. The van der Waals surface area contributed by atoms with E-state index in [4.69, 9.17) is 0 Å². The van der Waals surface area contributed by atoms with Crippen molar-refractivity contribution >= 4 is 11.8 Å². The molecule has 2 aromatic rings. The van der Waals surface area contributed by atoms with E-state index in [1.807, 2.05) is 24.2 Å². The molecular weight excluding hydrogens is 360 g/mol. The largest absolute Gasteiger partial charge is 0.236 e. The third-order valence-electron chi connectivity index (χ3n) is 5.15. The minimum absolute atomic E-state index is 0.832. The van der Waals surface area contributed by atoms with Gasteiger partial charge in [-0.25, -0.2) is 9.97 Å². The Hall–Kier alpha value is -1.35. The van der Waals surface area contributed by atoms with Gasteiger partial charge in [0, 0.05) is 22.9 Å². The zero-order valence-corrected chi connectivity index (χ0v) is 18.8. The van der Waals surface area contributed by atoms with Crippen molar-refractivity contribution in [3.8, 4) is 11.4 Å². The SMILES string of the molecule is CCCCCCCCCCSc1ccc(-c2ncc(CCCCC)cn2)cc1. The molecule has 0 aliphatic rings. The van der Waals surface area contributed by atoms with E-state index in [0.717, 1.165) is 17.8 Å². The van der Waals surface area contributed by atoms with Crippen molar-refractivity contribution in [2.24, 2.45) is 0 Å². The molecule has 154 valence electrons. The Labute approximate surface area is 177 Å². The Bertz CT molecular complexity index is 622. The zero-order valence-electron chi connectivity index (χ0n) is 18.0. The summed E-state index contributed by atoms with van der Waals surface area (Å²) in [5.74, 6) is 2.05. The Kier molecular flexibility index (Phi) is 12.0. The van der Waals surface area contributed by atoms with E-state index < -0.39 is 0 Å². The van der Waals surface area contributed by atoms with Crippen LogP contribution in [0.3, 0.4) is 0 Å². The van der Waals surface area contributed by atoms with Gasteiger partial charge in [0.2, 0.25) is 0 Å². The standard InChI is InChI=1S/C25H38N2S/c1-3-5-7-8-9-10-11-13-19-28-24-17-15-23(16-18-24)25-26-20-22(21-27-25)14-12-6-4-2/h15-18,20-21H,3-14,19H2,1-2H3. The molecule has 0 spiro atoms. The fourth-order valence-electron chi connectivity index (χ4n) is 3.34. The van der Waals surface area contributed by atoms with Crippen molar-refractivity contribution < 1.29 is 0 Å². The van der Waals surface area contributed by atoms with E-state index in [1.165, 1.54) is 86.8 Å². The predicted octanol–water partition coefficient (Wildman–Crippen LogP) is 8.11. The van der Waals surface area contributed by atoms with E-state index in [-0.39, 0.29) is 0 Å². The van der Waals surface area contributed by atoms with Gasteiger partial charge < -0.3 is 0 Å². The molecule has 0 amide bonds. The summed E-state index contributed by atoms with van der Waals surface area (Å²) in [7, 11) is 0. The number of thioether (sulfide) groups is 1. The van der Waals surface area contributed by atoms with Crippen molar-refractivity contribution in [2.45, 2.75) is 95.8 Å². The van der Waals surface area contributed by atoms with Gasteiger partial charge in [-0.15, -0.1) is 11.8 Å². The van der Waals surface area contributed by atoms with Gasteiger partial charge in [0.05, 0.1) is 0 Å². The van der Waals surface area contributed by atoms with Crippen LogP contribution in [0.15, 0.2) is 41.6 Å². The smallest absolute Gasteiger partial charge is 0.159 e. The van der Waals surface area contributed by atoms with Gasteiger partial charge in [0.15, 0.2) is 5.82 Å². The van der Waals surface area contributed by atoms with Crippen LogP contribution >= 0.6 is 11.8 Å². The number of nitrogens with zero attached hydrogens (tertiary/aromatic N) is 2. The van der Waals surface area contributed by atoms with E-state index in [9.17, 15) is 0 Å². The van der Waals surface area contributed by atoms with Crippen LogP contribution in [0.25, 0.3) is 11.4 Å². The molecule has 1 aromatic carbocycles. The van der Waals surface area contributed by atoms with Gasteiger partial charge in [-0.3, -0.25) is 0 Å². The third kappa shape index (κ3) is 9.23. The van der Waals surface area contributed by atoms with Crippen molar-refractivity contribution in [2.75, 3.05) is 5.75 Å². The first-order valence-electron chi connectivity index (χ1n) is 11.4. The van der Waals surface area contributed by atoms with Crippen LogP contribution in [0.2, 0.25) is 0 Å².